The Kier molecular flexibility index (Phi) is 22.3. The van der Waals surface area contributed by atoms with Gasteiger partial charge in [0.25, 0.3) is 0 Å². The van der Waals surface area contributed by atoms with Gasteiger partial charge in [0.05, 0.1) is 12.2 Å². The first-order valence-electron chi connectivity index (χ1n) is 16.0. The molecule has 0 fully saturated rings. The van der Waals surface area contributed by atoms with E-state index in [0.29, 0.717) is 12.0 Å². The van der Waals surface area contributed by atoms with Crippen LogP contribution in [-0.2, 0) is 9.53 Å². The lowest BCUT2D eigenvalue weighted by Gasteiger charge is -2.18. The molecule has 4 unspecified atom stereocenters. The molecule has 0 aliphatic carbocycles. The molecule has 4 atom stereocenters. The molecule has 1 aromatic rings. The minimum absolute atomic E-state index is 0.0140. The summed E-state index contributed by atoms with van der Waals surface area (Å²) in [4.78, 5) is 10.7. The van der Waals surface area contributed by atoms with Gasteiger partial charge in [-0.1, -0.05) is 134 Å². The third-order valence-corrected chi connectivity index (χ3v) is 8.20. The SMILES string of the molecule is CC(CCCCCCCCCCCCCCCCCCCCCC(O)C(Cl)C(=O)O)OC(O)c1ccc(O)cc1. The van der Waals surface area contributed by atoms with Gasteiger partial charge < -0.3 is 25.2 Å². The Hall–Kier alpha value is -1.34. The number of phenolic OH excluding ortho intramolecular Hbond substituents is 1. The van der Waals surface area contributed by atoms with Crippen molar-refractivity contribution in [3.8, 4) is 5.75 Å². The van der Waals surface area contributed by atoms with Gasteiger partial charge in [0.15, 0.2) is 11.7 Å². The van der Waals surface area contributed by atoms with Gasteiger partial charge in [0.2, 0.25) is 0 Å². The van der Waals surface area contributed by atoms with E-state index in [1.54, 1.807) is 24.3 Å². The van der Waals surface area contributed by atoms with Crippen LogP contribution in [0.2, 0.25) is 0 Å². The number of unbranched alkanes of at least 4 members (excludes halogenated alkanes) is 18. The smallest absolute Gasteiger partial charge is 0.324 e. The number of halogens is 1. The molecule has 0 spiro atoms. The second-order valence-corrected chi connectivity index (χ2v) is 12.0. The van der Waals surface area contributed by atoms with E-state index in [-0.39, 0.29) is 11.9 Å². The molecule has 0 aromatic heterocycles. The van der Waals surface area contributed by atoms with E-state index in [2.05, 4.69) is 0 Å². The molecule has 0 heterocycles. The Morgan fingerprint density at radius 1 is 0.675 bits per heavy atom. The summed E-state index contributed by atoms with van der Waals surface area (Å²) in [5.74, 6) is -0.959. The van der Waals surface area contributed by atoms with Crippen LogP contribution in [0.25, 0.3) is 0 Å². The van der Waals surface area contributed by atoms with Crippen LogP contribution in [-0.4, -0.2) is 44.0 Å². The molecule has 0 bridgehead atoms. The molecular weight excluding hydrogens is 528 g/mol. The fourth-order valence-corrected chi connectivity index (χ4v) is 5.23. The Balaban J connectivity index is 1.77. The molecule has 40 heavy (non-hydrogen) atoms. The van der Waals surface area contributed by atoms with E-state index < -0.39 is 23.7 Å². The van der Waals surface area contributed by atoms with Crippen LogP contribution in [0.4, 0.5) is 0 Å². The van der Waals surface area contributed by atoms with E-state index in [9.17, 15) is 20.1 Å². The van der Waals surface area contributed by atoms with Gasteiger partial charge in [-0.05, 0) is 31.9 Å². The highest BCUT2D eigenvalue weighted by Gasteiger charge is 2.22. The Labute approximate surface area is 248 Å². The molecule has 0 radical (unpaired) electrons. The second-order valence-electron chi connectivity index (χ2n) is 11.5. The van der Waals surface area contributed by atoms with Gasteiger partial charge in [-0.15, -0.1) is 11.6 Å². The maximum Gasteiger partial charge on any atom is 0.324 e. The van der Waals surface area contributed by atoms with Crippen LogP contribution in [0.5, 0.6) is 5.75 Å². The van der Waals surface area contributed by atoms with Gasteiger partial charge in [0.1, 0.15) is 5.75 Å². The van der Waals surface area contributed by atoms with Crippen LogP contribution in [0.3, 0.4) is 0 Å². The van der Waals surface area contributed by atoms with Crippen molar-refractivity contribution in [2.45, 2.75) is 166 Å². The number of carboxylic acids is 1. The largest absolute Gasteiger partial charge is 0.508 e. The highest BCUT2D eigenvalue weighted by atomic mass is 35.5. The number of hydrogen-bond donors (Lipinski definition) is 4. The van der Waals surface area contributed by atoms with Gasteiger partial charge in [-0.2, -0.15) is 0 Å². The number of hydrogen-bond acceptors (Lipinski definition) is 5. The molecule has 4 N–H and O–H groups in total. The number of carbonyl (C=O) groups is 1. The van der Waals surface area contributed by atoms with Crippen LogP contribution in [0.15, 0.2) is 24.3 Å². The zero-order valence-electron chi connectivity index (χ0n) is 25.0. The van der Waals surface area contributed by atoms with Gasteiger partial charge in [-0.3, -0.25) is 4.79 Å². The quantitative estimate of drug-likeness (QED) is 0.0466. The molecule has 1 rings (SSSR count). The molecule has 0 saturated heterocycles. The van der Waals surface area contributed by atoms with Crippen molar-refractivity contribution in [2.75, 3.05) is 0 Å². The van der Waals surface area contributed by atoms with Crippen molar-refractivity contribution < 1.29 is 30.0 Å². The summed E-state index contributed by atoms with van der Waals surface area (Å²) >= 11 is 5.63. The lowest BCUT2D eigenvalue weighted by molar-refractivity contribution is -0.138. The number of aliphatic carboxylic acids is 1. The topological polar surface area (TPSA) is 107 Å². The number of aromatic hydroxyl groups is 1. The summed E-state index contributed by atoms with van der Waals surface area (Å²) in [7, 11) is 0. The minimum Gasteiger partial charge on any atom is -0.508 e. The summed E-state index contributed by atoms with van der Waals surface area (Å²) < 4.78 is 5.68. The zero-order chi connectivity index (χ0) is 29.4. The van der Waals surface area contributed by atoms with Gasteiger partial charge in [-0.25, -0.2) is 0 Å². The third kappa shape index (κ3) is 19.7. The van der Waals surface area contributed by atoms with Gasteiger partial charge in [0, 0.05) is 5.56 Å². The Bertz CT molecular complexity index is 728. The van der Waals surface area contributed by atoms with Crippen LogP contribution in [0.1, 0.15) is 154 Å². The van der Waals surface area contributed by atoms with Crippen molar-refractivity contribution in [2.24, 2.45) is 0 Å². The van der Waals surface area contributed by atoms with E-state index in [0.717, 1.165) is 32.1 Å². The van der Waals surface area contributed by atoms with Crippen molar-refractivity contribution >= 4 is 17.6 Å². The molecular formula is C33H57ClO6. The molecule has 0 amide bonds. The number of alkyl halides is 1. The molecule has 7 heteroatoms. The monoisotopic (exact) mass is 584 g/mol. The molecule has 0 aliphatic rings. The fraction of sp³-hybridized carbons (Fsp3) is 0.788. The first kappa shape index (κ1) is 36.7. The normalized spacial score (nSPS) is 14.6. The molecule has 232 valence electrons. The van der Waals surface area contributed by atoms with Crippen molar-refractivity contribution in [3.63, 3.8) is 0 Å². The standard InChI is InChI=1S/C33H57ClO6/c1-27(40-33(39)28-23-25-29(35)26-24-28)21-19-17-15-13-11-9-7-5-3-2-4-6-8-10-12-14-16-18-20-22-30(36)31(34)32(37)38/h23-27,30-31,33,35-36,39H,2-22H2,1H3,(H,37,38). The molecule has 6 nitrogen and oxygen atoms in total. The first-order valence-corrected chi connectivity index (χ1v) is 16.4. The van der Waals surface area contributed by atoms with Crippen LogP contribution >= 0.6 is 11.6 Å². The zero-order valence-corrected chi connectivity index (χ0v) is 25.7. The average molecular weight is 585 g/mol. The van der Waals surface area contributed by atoms with Crippen molar-refractivity contribution in [1.29, 1.82) is 0 Å². The van der Waals surface area contributed by atoms with Crippen molar-refractivity contribution in [3.05, 3.63) is 29.8 Å². The maximum absolute atomic E-state index is 10.7. The summed E-state index contributed by atoms with van der Waals surface area (Å²) in [5, 5.41) is 36.8. The fourth-order valence-electron chi connectivity index (χ4n) is 5.11. The third-order valence-electron chi connectivity index (χ3n) is 7.72. The number of rotatable bonds is 27. The molecule has 0 saturated carbocycles. The van der Waals surface area contributed by atoms with Gasteiger partial charge >= 0.3 is 5.97 Å². The highest BCUT2D eigenvalue weighted by molar-refractivity contribution is 6.30. The predicted octanol–water partition coefficient (Wildman–Crippen LogP) is 9.03. The summed E-state index contributed by atoms with van der Waals surface area (Å²) in [6.45, 7) is 2.01. The lowest BCUT2D eigenvalue weighted by atomic mass is 10.0. The Morgan fingerprint density at radius 3 is 1.40 bits per heavy atom. The summed E-state index contributed by atoms with van der Waals surface area (Å²) in [5.41, 5.74) is 0.669. The number of benzene rings is 1. The summed E-state index contributed by atoms with van der Waals surface area (Å²) in [6.07, 6.45) is 23.5. The predicted molar refractivity (Wildman–Crippen MR) is 164 cm³/mol. The van der Waals surface area contributed by atoms with E-state index in [1.807, 2.05) is 6.92 Å². The number of ether oxygens (including phenoxy) is 1. The lowest BCUT2D eigenvalue weighted by Crippen LogP contribution is -2.28. The van der Waals surface area contributed by atoms with Crippen molar-refractivity contribution in [1.82, 2.24) is 0 Å². The minimum atomic E-state index is -1.19. The van der Waals surface area contributed by atoms with Crippen LogP contribution in [0, 0.1) is 0 Å². The number of aliphatic hydroxyl groups excluding tert-OH is 2. The average Bonchev–Trinajstić information content (AvgIpc) is 2.93. The van der Waals surface area contributed by atoms with E-state index in [4.69, 9.17) is 21.4 Å². The number of carboxylic acid groups (broad SMARTS) is 1. The van der Waals surface area contributed by atoms with Crippen LogP contribution < -0.4 is 0 Å². The molecule has 1 aromatic carbocycles. The molecule has 0 aliphatic heterocycles. The highest BCUT2D eigenvalue weighted by Crippen LogP contribution is 2.21. The Morgan fingerprint density at radius 2 is 1.02 bits per heavy atom. The number of phenols is 1. The number of aliphatic hydroxyl groups is 2. The van der Waals surface area contributed by atoms with E-state index in [1.165, 1.54) is 96.3 Å². The first-order chi connectivity index (χ1) is 19.3. The van der Waals surface area contributed by atoms with E-state index >= 15 is 0 Å². The second kappa shape index (κ2) is 24.3. The summed E-state index contributed by atoms with van der Waals surface area (Å²) in [6, 6.07) is 6.49. The maximum atomic E-state index is 10.7.